The quantitative estimate of drug-likeness (QED) is 0.801. The normalized spacial score (nSPS) is 11.7. The maximum absolute atomic E-state index is 12.2. The third-order valence-electron chi connectivity index (χ3n) is 3.50. The van der Waals surface area contributed by atoms with Gasteiger partial charge in [0.25, 0.3) is 5.91 Å². The van der Waals surface area contributed by atoms with Crippen molar-refractivity contribution in [1.29, 1.82) is 0 Å². The second-order valence-electron chi connectivity index (χ2n) is 5.34. The number of hydrogen-bond acceptors (Lipinski definition) is 2. The highest BCUT2D eigenvalue weighted by molar-refractivity contribution is 5.97. The first-order chi connectivity index (χ1) is 10.6. The predicted molar refractivity (Wildman–Crippen MR) is 86.6 cm³/mol. The number of Topliss-reactive ketones (excluding diaryl/α,β-unsaturated/α-hetero) is 1. The number of anilines is 1. The van der Waals surface area contributed by atoms with Crippen LogP contribution in [0, 0.1) is 0 Å². The van der Waals surface area contributed by atoms with Crippen molar-refractivity contribution in [3.8, 4) is 0 Å². The van der Waals surface area contributed by atoms with E-state index in [1.54, 1.807) is 24.3 Å². The molecular formula is C18H21N2O2+. The van der Waals surface area contributed by atoms with Crippen LogP contribution in [-0.2, 0) is 11.3 Å². The Hall–Kier alpha value is -2.46. The fraction of sp³-hybridized carbons (Fsp3) is 0.222. The van der Waals surface area contributed by atoms with Crippen LogP contribution in [0.5, 0.6) is 0 Å². The molecule has 4 heteroatoms. The molecule has 1 amide bonds. The highest BCUT2D eigenvalue weighted by Gasteiger charge is 2.16. The fourth-order valence-electron chi connectivity index (χ4n) is 2.11. The SMILES string of the molecule is CC(=O)c1cccc(NC(=O)[C@@H](C)[NH2+]Cc2ccccc2)c1. The maximum Gasteiger partial charge on any atom is 0.282 e. The van der Waals surface area contributed by atoms with E-state index in [0.29, 0.717) is 11.3 Å². The van der Waals surface area contributed by atoms with Crippen molar-refractivity contribution in [2.75, 3.05) is 5.32 Å². The summed E-state index contributed by atoms with van der Waals surface area (Å²) in [4.78, 5) is 23.5. The van der Waals surface area contributed by atoms with E-state index in [0.717, 1.165) is 6.54 Å². The van der Waals surface area contributed by atoms with Gasteiger partial charge in [-0.25, -0.2) is 0 Å². The van der Waals surface area contributed by atoms with Crippen molar-refractivity contribution in [2.24, 2.45) is 0 Å². The minimum Gasteiger partial charge on any atom is -0.333 e. The molecule has 0 spiro atoms. The maximum atomic E-state index is 12.2. The van der Waals surface area contributed by atoms with Crippen molar-refractivity contribution in [1.82, 2.24) is 0 Å². The molecule has 0 saturated carbocycles. The molecule has 0 heterocycles. The molecule has 2 aromatic rings. The van der Waals surface area contributed by atoms with E-state index >= 15 is 0 Å². The van der Waals surface area contributed by atoms with Gasteiger partial charge in [0.2, 0.25) is 0 Å². The number of benzene rings is 2. The van der Waals surface area contributed by atoms with Crippen molar-refractivity contribution in [3.63, 3.8) is 0 Å². The molecule has 1 atom stereocenters. The molecule has 0 unspecified atom stereocenters. The van der Waals surface area contributed by atoms with Gasteiger partial charge in [0.1, 0.15) is 6.54 Å². The van der Waals surface area contributed by atoms with Gasteiger partial charge in [-0.15, -0.1) is 0 Å². The molecule has 2 aromatic carbocycles. The Balaban J connectivity index is 1.91. The highest BCUT2D eigenvalue weighted by atomic mass is 16.2. The number of rotatable bonds is 6. The Morgan fingerprint density at radius 3 is 2.50 bits per heavy atom. The zero-order valence-corrected chi connectivity index (χ0v) is 12.9. The van der Waals surface area contributed by atoms with Crippen LogP contribution in [0.2, 0.25) is 0 Å². The van der Waals surface area contributed by atoms with Crippen LogP contribution in [-0.4, -0.2) is 17.7 Å². The summed E-state index contributed by atoms with van der Waals surface area (Å²) in [6, 6.07) is 16.8. The van der Waals surface area contributed by atoms with Crippen LogP contribution in [0.15, 0.2) is 54.6 Å². The molecule has 114 valence electrons. The van der Waals surface area contributed by atoms with E-state index in [1.165, 1.54) is 12.5 Å². The molecule has 0 aliphatic carbocycles. The van der Waals surface area contributed by atoms with Crippen LogP contribution in [0.1, 0.15) is 29.8 Å². The van der Waals surface area contributed by atoms with Crippen molar-refractivity contribution in [3.05, 3.63) is 65.7 Å². The third kappa shape index (κ3) is 4.53. The summed E-state index contributed by atoms with van der Waals surface area (Å²) >= 11 is 0. The van der Waals surface area contributed by atoms with E-state index < -0.39 is 0 Å². The number of hydrogen-bond donors (Lipinski definition) is 2. The third-order valence-corrected chi connectivity index (χ3v) is 3.50. The molecule has 0 fully saturated rings. The summed E-state index contributed by atoms with van der Waals surface area (Å²) in [5.74, 6) is -0.0866. The Bertz CT molecular complexity index is 653. The number of nitrogens with two attached hydrogens (primary N) is 1. The van der Waals surface area contributed by atoms with Crippen LogP contribution < -0.4 is 10.6 Å². The highest BCUT2D eigenvalue weighted by Crippen LogP contribution is 2.11. The van der Waals surface area contributed by atoms with Crippen LogP contribution in [0.4, 0.5) is 5.69 Å². The average molecular weight is 297 g/mol. The largest absolute Gasteiger partial charge is 0.333 e. The summed E-state index contributed by atoms with van der Waals surface area (Å²) in [5, 5.41) is 4.84. The first-order valence-corrected chi connectivity index (χ1v) is 7.35. The fourth-order valence-corrected chi connectivity index (χ4v) is 2.11. The Morgan fingerprint density at radius 1 is 1.09 bits per heavy atom. The molecule has 0 aliphatic heterocycles. The van der Waals surface area contributed by atoms with Crippen molar-refractivity contribution in [2.45, 2.75) is 26.4 Å². The second-order valence-corrected chi connectivity index (χ2v) is 5.34. The lowest BCUT2D eigenvalue weighted by Gasteiger charge is -2.12. The molecule has 3 N–H and O–H groups in total. The minimum atomic E-state index is -0.207. The molecule has 0 bridgehead atoms. The van der Waals surface area contributed by atoms with Gasteiger partial charge in [0, 0.05) is 16.8 Å². The number of carbonyl (C=O) groups is 2. The average Bonchev–Trinajstić information content (AvgIpc) is 2.53. The Morgan fingerprint density at radius 2 is 1.82 bits per heavy atom. The lowest BCUT2D eigenvalue weighted by atomic mass is 10.1. The first kappa shape index (κ1) is 15.9. The van der Waals surface area contributed by atoms with Crippen molar-refractivity contribution >= 4 is 17.4 Å². The smallest absolute Gasteiger partial charge is 0.282 e. The van der Waals surface area contributed by atoms with E-state index in [-0.39, 0.29) is 17.7 Å². The van der Waals surface area contributed by atoms with E-state index in [4.69, 9.17) is 0 Å². The number of nitrogens with one attached hydrogen (secondary N) is 1. The van der Waals surface area contributed by atoms with Crippen LogP contribution in [0.3, 0.4) is 0 Å². The zero-order valence-electron chi connectivity index (χ0n) is 12.9. The first-order valence-electron chi connectivity index (χ1n) is 7.35. The molecule has 4 nitrogen and oxygen atoms in total. The van der Waals surface area contributed by atoms with Gasteiger partial charge in [0.15, 0.2) is 11.8 Å². The minimum absolute atomic E-state index is 0.0141. The summed E-state index contributed by atoms with van der Waals surface area (Å²) in [6.07, 6.45) is 0. The molecule has 0 aliphatic rings. The lowest BCUT2D eigenvalue weighted by molar-refractivity contribution is -0.688. The van der Waals surface area contributed by atoms with Crippen LogP contribution >= 0.6 is 0 Å². The van der Waals surface area contributed by atoms with Gasteiger partial charge in [-0.2, -0.15) is 0 Å². The van der Waals surface area contributed by atoms with Gasteiger partial charge in [-0.1, -0.05) is 42.5 Å². The topological polar surface area (TPSA) is 62.8 Å². The number of ketones is 1. The standard InChI is InChI=1S/C18H20N2O2/c1-13(19-12-15-7-4-3-5-8-15)18(22)20-17-10-6-9-16(11-17)14(2)21/h3-11,13,19H,12H2,1-2H3,(H,20,22)/p+1/t13-/m1/s1. The molecule has 0 radical (unpaired) electrons. The summed E-state index contributed by atoms with van der Waals surface area (Å²) in [6.45, 7) is 4.13. The lowest BCUT2D eigenvalue weighted by Crippen LogP contribution is -2.90. The van der Waals surface area contributed by atoms with Crippen molar-refractivity contribution < 1.29 is 14.9 Å². The molecule has 0 saturated heterocycles. The second kappa shape index (κ2) is 7.52. The number of quaternary nitrogens is 1. The van der Waals surface area contributed by atoms with E-state index in [2.05, 4.69) is 5.32 Å². The predicted octanol–water partition coefficient (Wildman–Crippen LogP) is 1.98. The summed E-state index contributed by atoms with van der Waals surface area (Å²) in [5.41, 5.74) is 2.43. The van der Waals surface area contributed by atoms with Gasteiger partial charge >= 0.3 is 0 Å². The summed E-state index contributed by atoms with van der Waals surface area (Å²) in [7, 11) is 0. The monoisotopic (exact) mass is 297 g/mol. The van der Waals surface area contributed by atoms with Gasteiger partial charge in [-0.3, -0.25) is 9.59 Å². The molecule has 0 aromatic heterocycles. The number of amides is 1. The molecular weight excluding hydrogens is 276 g/mol. The van der Waals surface area contributed by atoms with Gasteiger partial charge in [-0.05, 0) is 26.0 Å². The van der Waals surface area contributed by atoms with Gasteiger partial charge < -0.3 is 10.6 Å². The molecule has 22 heavy (non-hydrogen) atoms. The molecule has 2 rings (SSSR count). The Kier molecular flexibility index (Phi) is 5.44. The van der Waals surface area contributed by atoms with Crippen LogP contribution in [0.25, 0.3) is 0 Å². The van der Waals surface area contributed by atoms with E-state index in [1.807, 2.05) is 42.6 Å². The van der Waals surface area contributed by atoms with Gasteiger partial charge in [0.05, 0.1) is 0 Å². The zero-order chi connectivity index (χ0) is 15.9. The van der Waals surface area contributed by atoms with E-state index in [9.17, 15) is 9.59 Å². The number of carbonyl (C=O) groups excluding carboxylic acids is 2. The Labute approximate surface area is 130 Å². The summed E-state index contributed by atoms with van der Waals surface area (Å²) < 4.78 is 0.